The van der Waals surface area contributed by atoms with Crippen molar-refractivity contribution in [2.24, 2.45) is 11.5 Å². The molecule has 0 heterocycles. The second kappa shape index (κ2) is 23.1. The Hall–Kier alpha value is 0.0169. The molecular formula is C8H26N2O3Si. The van der Waals surface area contributed by atoms with Gasteiger partial charge in [0.05, 0.1) is 0 Å². The monoisotopic (exact) mass is 226 g/mol. The molecule has 90 valence electrons. The number of rotatable bonds is 4. The van der Waals surface area contributed by atoms with Gasteiger partial charge in [0.25, 0.3) is 0 Å². The Labute approximate surface area is 89.7 Å². The Morgan fingerprint density at radius 1 is 0.857 bits per heavy atom. The van der Waals surface area contributed by atoms with E-state index in [1.165, 1.54) is 6.42 Å². The highest BCUT2D eigenvalue weighted by atomic mass is 28.3. The molecule has 4 N–H and O–H groups in total. The van der Waals surface area contributed by atoms with Gasteiger partial charge in [-0.25, -0.2) is 0 Å². The van der Waals surface area contributed by atoms with Crippen LogP contribution in [0.2, 0.25) is 0 Å². The number of hydrogen-bond donors (Lipinski definition) is 2. The standard InChI is InChI=1S/C3H10O3Si.C3H8.C2H8N2/c1-4-7(5-2)6-3;1-3-2;3-1-2-4/h7H,1-3H3;3H2,1-2H3;1-4H2. The summed E-state index contributed by atoms with van der Waals surface area (Å²) in [6.45, 7) is 5.44. The van der Waals surface area contributed by atoms with Gasteiger partial charge >= 0.3 is 9.53 Å². The normalized spacial score (nSPS) is 8.57. The van der Waals surface area contributed by atoms with Crippen molar-refractivity contribution in [2.75, 3.05) is 34.4 Å². The first-order valence-electron chi connectivity index (χ1n) is 4.66. The predicted octanol–water partition coefficient (Wildman–Crippen LogP) is -0.0371. The van der Waals surface area contributed by atoms with Crippen LogP contribution in [0.4, 0.5) is 0 Å². The zero-order chi connectivity index (χ0) is 11.8. The highest BCUT2D eigenvalue weighted by Crippen LogP contribution is 1.81. The van der Waals surface area contributed by atoms with Crippen LogP contribution in [0.25, 0.3) is 0 Å². The molecule has 0 unspecified atom stereocenters. The molecule has 0 bridgehead atoms. The van der Waals surface area contributed by atoms with Crippen molar-refractivity contribution in [2.45, 2.75) is 20.3 Å². The molecule has 6 heteroatoms. The summed E-state index contributed by atoms with van der Waals surface area (Å²) in [5.74, 6) is 0. The Balaban J connectivity index is -0.000000147. The maximum absolute atomic E-state index is 4.90. The van der Waals surface area contributed by atoms with Gasteiger partial charge in [-0.15, -0.1) is 0 Å². The first-order chi connectivity index (χ1) is 6.67. The van der Waals surface area contributed by atoms with E-state index in [1.54, 1.807) is 21.3 Å². The van der Waals surface area contributed by atoms with E-state index in [1.807, 2.05) is 0 Å². The molecule has 0 aromatic heterocycles. The van der Waals surface area contributed by atoms with E-state index in [0.717, 1.165) is 0 Å². The van der Waals surface area contributed by atoms with Gasteiger partial charge in [0.1, 0.15) is 0 Å². The van der Waals surface area contributed by atoms with Crippen LogP contribution < -0.4 is 11.5 Å². The van der Waals surface area contributed by atoms with E-state index >= 15 is 0 Å². The lowest BCUT2D eigenvalue weighted by molar-refractivity contribution is 0.163. The van der Waals surface area contributed by atoms with Gasteiger partial charge in [-0.1, -0.05) is 20.3 Å². The lowest BCUT2D eigenvalue weighted by Gasteiger charge is -2.05. The van der Waals surface area contributed by atoms with Gasteiger partial charge in [0.15, 0.2) is 0 Å². The quantitative estimate of drug-likeness (QED) is 0.658. The zero-order valence-electron chi connectivity index (χ0n) is 10.1. The molecule has 0 fully saturated rings. The highest BCUT2D eigenvalue weighted by Gasteiger charge is 2.04. The molecule has 0 amide bonds. The van der Waals surface area contributed by atoms with Gasteiger partial charge < -0.3 is 24.7 Å². The summed E-state index contributed by atoms with van der Waals surface area (Å²) in [6.07, 6.45) is 1.25. The van der Waals surface area contributed by atoms with Crippen molar-refractivity contribution >= 4 is 9.53 Å². The molecule has 0 aliphatic rings. The summed E-state index contributed by atoms with van der Waals surface area (Å²) in [4.78, 5) is 0. The lowest BCUT2D eigenvalue weighted by atomic mass is 10.6. The topological polar surface area (TPSA) is 79.7 Å². The van der Waals surface area contributed by atoms with E-state index in [0.29, 0.717) is 13.1 Å². The molecule has 0 radical (unpaired) electrons. The smallest absolute Gasteiger partial charge is 0.379 e. The molecule has 14 heavy (non-hydrogen) atoms. The van der Waals surface area contributed by atoms with Gasteiger partial charge in [-0.05, 0) is 0 Å². The van der Waals surface area contributed by atoms with Gasteiger partial charge in [0.2, 0.25) is 0 Å². The fourth-order valence-electron chi connectivity index (χ4n) is 0.289. The Morgan fingerprint density at radius 2 is 1.07 bits per heavy atom. The van der Waals surface area contributed by atoms with Crippen LogP contribution in [-0.4, -0.2) is 43.9 Å². The van der Waals surface area contributed by atoms with Gasteiger partial charge in [-0.2, -0.15) is 0 Å². The molecule has 5 nitrogen and oxygen atoms in total. The minimum absolute atomic E-state index is 0.597. The summed E-state index contributed by atoms with van der Waals surface area (Å²) in [6, 6.07) is 0. The molecule has 0 rings (SSSR count). The summed E-state index contributed by atoms with van der Waals surface area (Å²) in [5.41, 5.74) is 9.81. The molecule has 0 saturated heterocycles. The van der Waals surface area contributed by atoms with E-state index in [-0.39, 0.29) is 0 Å². The minimum atomic E-state index is -1.67. The maximum Gasteiger partial charge on any atom is 0.483 e. The van der Waals surface area contributed by atoms with Crippen LogP contribution >= 0.6 is 0 Å². The highest BCUT2D eigenvalue weighted by molar-refractivity contribution is 6.36. The number of nitrogens with two attached hydrogens (primary N) is 2. The lowest BCUT2D eigenvalue weighted by Crippen LogP contribution is -2.21. The summed E-state index contributed by atoms with van der Waals surface area (Å²) < 4.78 is 14.2. The van der Waals surface area contributed by atoms with E-state index in [2.05, 4.69) is 13.8 Å². The number of hydrogen-bond acceptors (Lipinski definition) is 5. The predicted molar refractivity (Wildman–Crippen MR) is 62.2 cm³/mol. The summed E-state index contributed by atoms with van der Waals surface area (Å²) in [7, 11) is 3.05. The average Bonchev–Trinajstić information content (AvgIpc) is 2.22. The summed E-state index contributed by atoms with van der Waals surface area (Å²) >= 11 is 0. The van der Waals surface area contributed by atoms with Crippen molar-refractivity contribution in [3.8, 4) is 0 Å². The first kappa shape index (κ1) is 19.6. The third kappa shape index (κ3) is 29.6. The minimum Gasteiger partial charge on any atom is -0.379 e. The van der Waals surface area contributed by atoms with Crippen molar-refractivity contribution < 1.29 is 13.3 Å². The van der Waals surface area contributed by atoms with Crippen LogP contribution in [-0.2, 0) is 13.3 Å². The van der Waals surface area contributed by atoms with E-state index in [9.17, 15) is 0 Å². The average molecular weight is 226 g/mol. The zero-order valence-corrected chi connectivity index (χ0v) is 11.2. The van der Waals surface area contributed by atoms with Crippen molar-refractivity contribution in [3.05, 3.63) is 0 Å². The van der Waals surface area contributed by atoms with Crippen LogP contribution in [0.3, 0.4) is 0 Å². The maximum atomic E-state index is 4.90. The van der Waals surface area contributed by atoms with E-state index in [4.69, 9.17) is 24.7 Å². The summed E-state index contributed by atoms with van der Waals surface area (Å²) in [5, 5.41) is 0. The van der Waals surface area contributed by atoms with E-state index < -0.39 is 9.53 Å². The first-order valence-corrected chi connectivity index (χ1v) is 6.08. The molecule has 0 spiro atoms. The fraction of sp³-hybridized carbons (Fsp3) is 1.00. The molecule has 0 aromatic rings. The third-order valence-corrected chi connectivity index (χ3v) is 1.90. The molecule has 0 aromatic carbocycles. The second-order valence-corrected chi connectivity index (χ2v) is 4.27. The van der Waals surface area contributed by atoms with Crippen LogP contribution in [0.1, 0.15) is 20.3 Å². The van der Waals surface area contributed by atoms with Crippen LogP contribution in [0.15, 0.2) is 0 Å². The Bertz CT molecular complexity index is 68.1. The molecule has 0 aliphatic carbocycles. The molecule has 0 aliphatic heterocycles. The SMILES string of the molecule is CCC.CO[SiH](OC)OC.NCCN. The fourth-order valence-corrected chi connectivity index (χ4v) is 0.866. The largest absolute Gasteiger partial charge is 0.483 e. The van der Waals surface area contributed by atoms with Crippen molar-refractivity contribution in [3.63, 3.8) is 0 Å². The van der Waals surface area contributed by atoms with Gasteiger partial charge in [-0.3, -0.25) is 0 Å². The second-order valence-electron chi connectivity index (χ2n) is 2.28. The van der Waals surface area contributed by atoms with Gasteiger partial charge in [0, 0.05) is 34.4 Å². The Kier molecular flexibility index (Phi) is 32.3. The molecule has 0 saturated carbocycles. The van der Waals surface area contributed by atoms with Crippen molar-refractivity contribution in [1.82, 2.24) is 0 Å². The third-order valence-electron chi connectivity index (χ3n) is 0.744. The molecular weight excluding hydrogens is 200 g/mol. The van der Waals surface area contributed by atoms with Crippen molar-refractivity contribution in [1.29, 1.82) is 0 Å². The Morgan fingerprint density at radius 3 is 1.07 bits per heavy atom. The molecule has 0 atom stereocenters. The van der Waals surface area contributed by atoms with Crippen LogP contribution in [0.5, 0.6) is 0 Å². The van der Waals surface area contributed by atoms with Crippen LogP contribution in [0, 0.1) is 0 Å².